The normalized spacial score (nSPS) is 18.8. The molecule has 29 heavy (non-hydrogen) atoms. The molecule has 1 unspecified atom stereocenters. The van der Waals surface area contributed by atoms with Crippen molar-refractivity contribution in [2.75, 3.05) is 10.2 Å². The van der Waals surface area contributed by atoms with Crippen LogP contribution >= 0.6 is 0 Å². The highest BCUT2D eigenvalue weighted by molar-refractivity contribution is 6.10. The summed E-state index contributed by atoms with van der Waals surface area (Å²) in [5, 5.41) is 6.77. The Hall–Kier alpha value is -3.80. The molecule has 0 saturated carbocycles. The maximum atomic E-state index is 13.5. The second-order valence-corrected chi connectivity index (χ2v) is 7.06. The van der Waals surface area contributed by atoms with Crippen molar-refractivity contribution in [1.82, 2.24) is 10.2 Å². The Bertz CT molecular complexity index is 1050. The van der Waals surface area contributed by atoms with Crippen LogP contribution in [0.5, 0.6) is 0 Å². The van der Waals surface area contributed by atoms with E-state index < -0.39 is 0 Å². The van der Waals surface area contributed by atoms with E-state index in [-0.39, 0.29) is 12.3 Å². The number of anilines is 2. The lowest BCUT2D eigenvalue weighted by atomic mass is 10.2. The number of urea groups is 1. The van der Waals surface area contributed by atoms with Crippen LogP contribution in [0.2, 0.25) is 0 Å². The Morgan fingerprint density at radius 2 is 1.45 bits per heavy atom. The molecule has 6 nitrogen and oxygen atoms in total. The molecular formula is C23H21N5O. The van der Waals surface area contributed by atoms with Crippen LogP contribution in [0.3, 0.4) is 0 Å². The van der Waals surface area contributed by atoms with Gasteiger partial charge in [0.25, 0.3) is 0 Å². The summed E-state index contributed by atoms with van der Waals surface area (Å²) >= 11 is 0. The summed E-state index contributed by atoms with van der Waals surface area (Å²) in [5.41, 5.74) is 3.95. The molecule has 3 aromatic rings. The second-order valence-electron chi connectivity index (χ2n) is 7.06. The minimum absolute atomic E-state index is 0.0955. The summed E-state index contributed by atoms with van der Waals surface area (Å²) in [6.07, 6.45) is -0.346. The van der Waals surface area contributed by atoms with Gasteiger partial charge in [-0.05, 0) is 23.3 Å². The molecular weight excluding hydrogens is 362 g/mol. The largest absolute Gasteiger partial charge is 0.346 e. The number of carbonyl (C=O) groups is 1. The van der Waals surface area contributed by atoms with E-state index in [9.17, 15) is 4.79 Å². The van der Waals surface area contributed by atoms with Crippen molar-refractivity contribution in [2.24, 2.45) is 4.99 Å². The summed E-state index contributed by atoms with van der Waals surface area (Å²) in [6, 6.07) is 27.7. The molecule has 2 aliphatic heterocycles. The topological polar surface area (TPSA) is 60.0 Å². The number of guanidine groups is 1. The molecule has 2 amide bonds. The van der Waals surface area contributed by atoms with Gasteiger partial charge >= 0.3 is 6.03 Å². The molecule has 1 fully saturated rings. The summed E-state index contributed by atoms with van der Waals surface area (Å²) in [7, 11) is 0. The third-order valence-electron chi connectivity index (χ3n) is 5.11. The number of benzene rings is 3. The Morgan fingerprint density at radius 1 is 0.793 bits per heavy atom. The first-order valence-corrected chi connectivity index (χ1v) is 9.65. The second kappa shape index (κ2) is 7.31. The van der Waals surface area contributed by atoms with E-state index in [1.165, 1.54) is 0 Å². The average molecular weight is 383 g/mol. The van der Waals surface area contributed by atoms with E-state index in [1.807, 2.05) is 84.9 Å². The van der Waals surface area contributed by atoms with Crippen molar-refractivity contribution in [3.63, 3.8) is 0 Å². The molecule has 3 aromatic carbocycles. The van der Waals surface area contributed by atoms with Crippen LogP contribution in [-0.4, -0.2) is 23.2 Å². The molecule has 2 heterocycles. The monoisotopic (exact) mass is 383 g/mol. The number of carbonyl (C=O) groups excluding carboxylic acids is 1. The maximum Gasteiger partial charge on any atom is 0.334 e. The van der Waals surface area contributed by atoms with Crippen LogP contribution < -0.4 is 15.5 Å². The Kier molecular flexibility index (Phi) is 4.37. The first kappa shape index (κ1) is 17.3. The lowest BCUT2D eigenvalue weighted by Crippen LogP contribution is -2.66. The van der Waals surface area contributed by atoms with Crippen LogP contribution in [0.25, 0.3) is 0 Å². The summed E-state index contributed by atoms with van der Waals surface area (Å²) in [4.78, 5) is 21.7. The van der Waals surface area contributed by atoms with Crippen LogP contribution in [0.4, 0.5) is 16.2 Å². The zero-order chi connectivity index (χ0) is 19.6. The van der Waals surface area contributed by atoms with Gasteiger partial charge in [-0.2, -0.15) is 0 Å². The van der Waals surface area contributed by atoms with Gasteiger partial charge in [-0.1, -0.05) is 72.8 Å². The lowest BCUT2D eigenvalue weighted by molar-refractivity contribution is 0.217. The van der Waals surface area contributed by atoms with E-state index >= 15 is 0 Å². The average Bonchev–Trinajstić information content (AvgIpc) is 3.14. The summed E-state index contributed by atoms with van der Waals surface area (Å²) in [5.74, 6) is 0.573. The number of nitrogens with zero attached hydrogens (tertiary/aromatic N) is 3. The standard InChI is InChI=1S/C23H21N5O/c29-23-27(16-18-11-5-2-6-12-18)21(24-15-17-9-3-1-4-10-17)26-22-25-19-13-7-8-14-20(19)28(22)23/h1-14,22,25H,15-16H2,(H,24,26). The highest BCUT2D eigenvalue weighted by Crippen LogP contribution is 2.36. The van der Waals surface area contributed by atoms with Gasteiger partial charge in [0.1, 0.15) is 0 Å². The molecule has 1 saturated heterocycles. The molecule has 0 spiro atoms. The fourth-order valence-electron chi connectivity index (χ4n) is 3.68. The van der Waals surface area contributed by atoms with Crippen molar-refractivity contribution in [3.8, 4) is 0 Å². The number of amides is 2. The number of hydrogen-bond acceptors (Lipinski definition) is 3. The minimum Gasteiger partial charge on any atom is -0.346 e. The molecule has 0 aliphatic carbocycles. The predicted molar refractivity (Wildman–Crippen MR) is 114 cm³/mol. The van der Waals surface area contributed by atoms with Crippen molar-refractivity contribution in [1.29, 1.82) is 0 Å². The quantitative estimate of drug-likeness (QED) is 0.716. The van der Waals surface area contributed by atoms with Gasteiger partial charge in [-0.3, -0.25) is 9.80 Å². The number of hydrogen-bond donors (Lipinski definition) is 2. The van der Waals surface area contributed by atoms with Gasteiger partial charge in [-0.15, -0.1) is 0 Å². The number of para-hydroxylation sites is 2. The molecule has 1 atom stereocenters. The van der Waals surface area contributed by atoms with E-state index in [4.69, 9.17) is 4.99 Å². The molecule has 144 valence electrons. The van der Waals surface area contributed by atoms with E-state index in [2.05, 4.69) is 10.6 Å². The van der Waals surface area contributed by atoms with Crippen LogP contribution in [0.15, 0.2) is 89.9 Å². The fourth-order valence-corrected chi connectivity index (χ4v) is 3.68. The highest BCUT2D eigenvalue weighted by Gasteiger charge is 2.42. The van der Waals surface area contributed by atoms with Gasteiger partial charge < -0.3 is 10.6 Å². The highest BCUT2D eigenvalue weighted by atomic mass is 16.2. The predicted octanol–water partition coefficient (Wildman–Crippen LogP) is 3.98. The molecule has 6 heteroatoms. The zero-order valence-corrected chi connectivity index (χ0v) is 15.8. The first-order chi connectivity index (χ1) is 14.3. The molecule has 0 radical (unpaired) electrons. The fraction of sp³-hybridized carbons (Fsp3) is 0.130. The van der Waals surface area contributed by atoms with Gasteiger partial charge in [0.2, 0.25) is 5.96 Å². The van der Waals surface area contributed by atoms with Gasteiger partial charge in [-0.25, -0.2) is 9.79 Å². The smallest absolute Gasteiger partial charge is 0.334 e. The lowest BCUT2D eigenvalue weighted by Gasteiger charge is -2.39. The van der Waals surface area contributed by atoms with Crippen molar-refractivity contribution < 1.29 is 4.79 Å². The van der Waals surface area contributed by atoms with Crippen molar-refractivity contribution in [2.45, 2.75) is 19.4 Å². The summed E-state index contributed by atoms with van der Waals surface area (Å²) in [6.45, 7) is 0.951. The SMILES string of the molecule is O=C1N(Cc2ccccc2)C(=NCc2ccccc2)NC2Nc3ccccc3N12. The minimum atomic E-state index is -0.346. The molecule has 2 N–H and O–H groups in total. The Balaban J connectivity index is 1.48. The van der Waals surface area contributed by atoms with Gasteiger partial charge in [0, 0.05) is 0 Å². The van der Waals surface area contributed by atoms with Crippen LogP contribution in [-0.2, 0) is 13.1 Å². The number of rotatable bonds is 4. The number of nitrogens with one attached hydrogen (secondary N) is 2. The number of fused-ring (bicyclic) bond motifs is 3. The maximum absolute atomic E-state index is 13.5. The number of aliphatic imine (C=N–C) groups is 1. The molecule has 2 aliphatic rings. The summed E-state index contributed by atoms with van der Waals surface area (Å²) < 4.78 is 0. The zero-order valence-electron chi connectivity index (χ0n) is 15.8. The third-order valence-corrected chi connectivity index (χ3v) is 5.11. The van der Waals surface area contributed by atoms with E-state index in [0.717, 1.165) is 22.5 Å². The van der Waals surface area contributed by atoms with Crippen LogP contribution in [0.1, 0.15) is 11.1 Å². The van der Waals surface area contributed by atoms with E-state index in [1.54, 1.807) is 9.80 Å². The Labute approximate surface area is 169 Å². The van der Waals surface area contributed by atoms with E-state index in [0.29, 0.717) is 19.0 Å². The first-order valence-electron chi connectivity index (χ1n) is 9.65. The Morgan fingerprint density at radius 3 is 2.21 bits per heavy atom. The molecule has 0 aromatic heterocycles. The van der Waals surface area contributed by atoms with Crippen molar-refractivity contribution >= 4 is 23.4 Å². The molecule has 5 rings (SSSR count). The van der Waals surface area contributed by atoms with Gasteiger partial charge in [0.15, 0.2) is 6.29 Å². The van der Waals surface area contributed by atoms with Crippen molar-refractivity contribution in [3.05, 3.63) is 96.1 Å². The molecule has 0 bridgehead atoms. The van der Waals surface area contributed by atoms with Gasteiger partial charge in [0.05, 0.1) is 24.5 Å². The third kappa shape index (κ3) is 3.29. The van der Waals surface area contributed by atoms with Crippen LogP contribution in [0, 0.1) is 0 Å².